The van der Waals surface area contributed by atoms with Gasteiger partial charge < -0.3 is 4.42 Å². The highest BCUT2D eigenvalue weighted by atomic mass is 16.3. The molecule has 0 radical (unpaired) electrons. The molecule has 4 rings (SSSR count). The fraction of sp³-hybridized carbons (Fsp3) is 0.158. The van der Waals surface area contributed by atoms with Crippen LogP contribution in [0.25, 0.3) is 23.4 Å². The number of allylic oxidation sites excluding steroid dienone is 2. The molecule has 2 aromatic heterocycles. The molecule has 0 amide bonds. The number of pyridine rings is 1. The zero-order valence-corrected chi connectivity index (χ0v) is 12.7. The number of benzene rings is 1. The third-order valence-electron chi connectivity index (χ3n) is 4.25. The molecule has 3 nitrogen and oxygen atoms in total. The number of aromatic nitrogens is 2. The second kappa shape index (κ2) is 4.95. The van der Waals surface area contributed by atoms with Crippen molar-refractivity contribution in [1.29, 1.82) is 0 Å². The van der Waals surface area contributed by atoms with E-state index in [1.807, 2.05) is 36.0 Å². The number of nitrogens with zero attached hydrogens (tertiary/aromatic N) is 2. The first-order valence-electron chi connectivity index (χ1n) is 7.46. The maximum absolute atomic E-state index is 5.85. The number of aryl methyl sites for hydroxylation is 1. The van der Waals surface area contributed by atoms with Crippen LogP contribution in [0, 0.1) is 0 Å². The molecule has 22 heavy (non-hydrogen) atoms. The summed E-state index contributed by atoms with van der Waals surface area (Å²) < 4.78 is 7.81. The van der Waals surface area contributed by atoms with E-state index in [-0.39, 0.29) is 0 Å². The lowest BCUT2D eigenvalue weighted by Gasteiger charge is -2.20. The van der Waals surface area contributed by atoms with Crippen molar-refractivity contribution >= 4 is 23.4 Å². The summed E-state index contributed by atoms with van der Waals surface area (Å²) in [7, 11) is 1.97. The summed E-state index contributed by atoms with van der Waals surface area (Å²) in [5.74, 6) is 0.993. The van der Waals surface area contributed by atoms with Crippen LogP contribution in [0.15, 0.2) is 58.7 Å². The van der Waals surface area contributed by atoms with E-state index in [1.165, 1.54) is 16.7 Å². The smallest absolute Gasteiger partial charge is 0.370 e. The molecule has 3 aromatic rings. The number of fused-ring (bicyclic) bond motifs is 2. The van der Waals surface area contributed by atoms with Gasteiger partial charge in [-0.25, -0.2) is 4.57 Å². The van der Waals surface area contributed by atoms with Gasteiger partial charge in [0, 0.05) is 17.0 Å². The van der Waals surface area contributed by atoms with E-state index in [9.17, 15) is 0 Å². The molecular formula is C19H17N2O+. The van der Waals surface area contributed by atoms with E-state index < -0.39 is 0 Å². The summed E-state index contributed by atoms with van der Waals surface area (Å²) in [6.45, 7) is 2.22. The Kier molecular flexibility index (Phi) is 2.93. The highest BCUT2D eigenvalue weighted by Gasteiger charge is 2.20. The molecular weight excluding hydrogens is 272 g/mol. The zero-order chi connectivity index (χ0) is 15.1. The Hall–Kier alpha value is -2.68. The van der Waals surface area contributed by atoms with Crippen LogP contribution in [-0.4, -0.2) is 4.98 Å². The van der Waals surface area contributed by atoms with E-state index in [0.29, 0.717) is 11.8 Å². The fourth-order valence-electron chi connectivity index (χ4n) is 2.98. The van der Waals surface area contributed by atoms with Crippen molar-refractivity contribution in [3.05, 3.63) is 71.3 Å². The minimum Gasteiger partial charge on any atom is -0.411 e. The molecule has 0 saturated heterocycles. The molecule has 0 bridgehead atoms. The molecule has 1 aromatic carbocycles. The van der Waals surface area contributed by atoms with Gasteiger partial charge in [0.05, 0.1) is 13.2 Å². The predicted molar refractivity (Wildman–Crippen MR) is 87.1 cm³/mol. The monoisotopic (exact) mass is 289 g/mol. The van der Waals surface area contributed by atoms with E-state index in [4.69, 9.17) is 4.42 Å². The Bertz CT molecular complexity index is 918. The van der Waals surface area contributed by atoms with Gasteiger partial charge in [-0.05, 0) is 28.8 Å². The van der Waals surface area contributed by atoms with E-state index in [0.717, 1.165) is 11.2 Å². The van der Waals surface area contributed by atoms with Crippen molar-refractivity contribution in [1.82, 2.24) is 4.98 Å². The third kappa shape index (κ3) is 2.06. The van der Waals surface area contributed by atoms with Gasteiger partial charge in [-0.15, -0.1) is 0 Å². The van der Waals surface area contributed by atoms with Crippen molar-refractivity contribution in [2.45, 2.75) is 12.8 Å². The minimum atomic E-state index is 0.338. The SMILES string of the molecule is CC1C(=Cc2nc3c(ccc[n+]3C)o2)C=Cc2ccccc21. The van der Waals surface area contributed by atoms with Crippen LogP contribution in [0.4, 0.5) is 0 Å². The lowest BCUT2D eigenvalue weighted by atomic mass is 9.84. The van der Waals surface area contributed by atoms with Gasteiger partial charge in [0.1, 0.15) is 0 Å². The summed E-state index contributed by atoms with van der Waals surface area (Å²) >= 11 is 0. The minimum absolute atomic E-state index is 0.338. The lowest BCUT2D eigenvalue weighted by molar-refractivity contribution is -0.646. The van der Waals surface area contributed by atoms with Gasteiger partial charge in [0.15, 0.2) is 0 Å². The van der Waals surface area contributed by atoms with Crippen molar-refractivity contribution in [2.75, 3.05) is 0 Å². The number of rotatable bonds is 1. The van der Waals surface area contributed by atoms with Crippen LogP contribution in [0.1, 0.15) is 29.9 Å². The first kappa shape index (κ1) is 13.0. The Morgan fingerprint density at radius 1 is 1.14 bits per heavy atom. The third-order valence-corrected chi connectivity index (χ3v) is 4.25. The second-order valence-corrected chi connectivity index (χ2v) is 5.69. The van der Waals surface area contributed by atoms with Crippen LogP contribution in [0.2, 0.25) is 0 Å². The van der Waals surface area contributed by atoms with Crippen molar-refractivity contribution < 1.29 is 8.98 Å². The van der Waals surface area contributed by atoms with Crippen LogP contribution < -0.4 is 4.57 Å². The predicted octanol–water partition coefficient (Wildman–Crippen LogP) is 3.87. The van der Waals surface area contributed by atoms with Crippen LogP contribution in [0.5, 0.6) is 0 Å². The molecule has 0 fully saturated rings. The van der Waals surface area contributed by atoms with Crippen LogP contribution in [0.3, 0.4) is 0 Å². The molecule has 0 spiro atoms. The average molecular weight is 289 g/mol. The largest absolute Gasteiger partial charge is 0.411 e. The maximum atomic E-state index is 5.85. The zero-order valence-electron chi connectivity index (χ0n) is 12.7. The van der Waals surface area contributed by atoms with Crippen molar-refractivity contribution in [3.8, 4) is 0 Å². The first-order chi connectivity index (χ1) is 10.7. The molecule has 1 aliphatic rings. The molecule has 0 saturated carbocycles. The fourth-order valence-corrected chi connectivity index (χ4v) is 2.98. The number of oxazole rings is 1. The summed E-state index contributed by atoms with van der Waals surface area (Å²) in [6.07, 6.45) is 8.32. The van der Waals surface area contributed by atoms with E-state index in [2.05, 4.69) is 48.3 Å². The van der Waals surface area contributed by atoms with Gasteiger partial charge >= 0.3 is 11.5 Å². The van der Waals surface area contributed by atoms with Crippen molar-refractivity contribution in [2.24, 2.45) is 7.05 Å². The van der Waals surface area contributed by atoms with Gasteiger partial charge in [0.25, 0.3) is 0 Å². The Labute approximate surface area is 129 Å². The summed E-state index contributed by atoms with van der Waals surface area (Å²) in [5.41, 5.74) is 5.52. The highest BCUT2D eigenvalue weighted by Crippen LogP contribution is 2.34. The Balaban J connectivity index is 1.78. The molecule has 0 aliphatic heterocycles. The summed E-state index contributed by atoms with van der Waals surface area (Å²) in [5, 5.41) is 0. The second-order valence-electron chi connectivity index (χ2n) is 5.69. The highest BCUT2D eigenvalue weighted by molar-refractivity contribution is 5.71. The van der Waals surface area contributed by atoms with E-state index >= 15 is 0 Å². The standard InChI is InChI=1S/C19H17N2O/c1-13-15(10-9-14-6-3-4-7-16(13)14)12-18-20-19-17(22-18)8-5-11-21(19)2/h3-13H,1-2H3/q+1. The topological polar surface area (TPSA) is 29.9 Å². The number of hydrogen-bond donors (Lipinski definition) is 0. The van der Waals surface area contributed by atoms with Gasteiger partial charge in [-0.2, -0.15) is 0 Å². The molecule has 1 atom stereocenters. The molecule has 2 heterocycles. The maximum Gasteiger partial charge on any atom is 0.370 e. The van der Waals surface area contributed by atoms with Gasteiger partial charge in [-0.3, -0.25) is 0 Å². The molecule has 3 heteroatoms. The Morgan fingerprint density at radius 2 is 2.00 bits per heavy atom. The van der Waals surface area contributed by atoms with Crippen LogP contribution in [-0.2, 0) is 7.05 Å². The molecule has 108 valence electrons. The Morgan fingerprint density at radius 3 is 2.86 bits per heavy atom. The summed E-state index contributed by atoms with van der Waals surface area (Å²) in [6, 6.07) is 12.4. The van der Waals surface area contributed by atoms with Crippen molar-refractivity contribution in [3.63, 3.8) is 0 Å². The average Bonchev–Trinajstić information content (AvgIpc) is 2.95. The van der Waals surface area contributed by atoms with Gasteiger partial charge in [-0.1, -0.05) is 43.3 Å². The lowest BCUT2D eigenvalue weighted by Crippen LogP contribution is -2.28. The normalized spacial score (nSPS) is 18.8. The van der Waals surface area contributed by atoms with E-state index in [1.54, 1.807) is 0 Å². The molecule has 0 N–H and O–H groups in total. The summed E-state index contributed by atoms with van der Waals surface area (Å²) in [4.78, 5) is 4.58. The van der Waals surface area contributed by atoms with Crippen LogP contribution >= 0.6 is 0 Å². The first-order valence-corrected chi connectivity index (χ1v) is 7.46. The quantitative estimate of drug-likeness (QED) is 0.637. The molecule has 1 aliphatic carbocycles. The van der Waals surface area contributed by atoms with Gasteiger partial charge in [0.2, 0.25) is 5.58 Å². The number of hydrogen-bond acceptors (Lipinski definition) is 2. The molecule has 1 unspecified atom stereocenters.